The van der Waals surface area contributed by atoms with Gasteiger partial charge in [-0.1, -0.05) is 25.3 Å². The third kappa shape index (κ3) is 3.79. The molecule has 0 aliphatic heterocycles. The van der Waals surface area contributed by atoms with E-state index in [1.165, 1.54) is 32.1 Å². The molecule has 0 amide bonds. The smallest absolute Gasteiger partial charge is 0.0891 e. The van der Waals surface area contributed by atoms with Crippen molar-refractivity contribution < 1.29 is 4.74 Å². The summed E-state index contributed by atoms with van der Waals surface area (Å²) in [6.07, 6.45) is 8.59. The summed E-state index contributed by atoms with van der Waals surface area (Å²) in [6, 6.07) is 3.94. The van der Waals surface area contributed by atoms with E-state index in [2.05, 4.69) is 4.98 Å². The number of pyridine rings is 1. The summed E-state index contributed by atoms with van der Waals surface area (Å²) < 4.78 is 5.78. The molecule has 1 fully saturated rings. The van der Waals surface area contributed by atoms with E-state index in [-0.39, 0.29) is 0 Å². The zero-order valence-corrected chi connectivity index (χ0v) is 10.4. The minimum absolute atomic E-state index is 0.538. The third-order valence-corrected chi connectivity index (χ3v) is 3.52. The Balaban J connectivity index is 1.77. The van der Waals surface area contributed by atoms with Crippen LogP contribution in [-0.4, -0.2) is 11.6 Å². The van der Waals surface area contributed by atoms with E-state index in [0.29, 0.717) is 13.2 Å². The summed E-state index contributed by atoms with van der Waals surface area (Å²) in [5.41, 5.74) is 7.75. The maximum Gasteiger partial charge on any atom is 0.0891 e. The lowest BCUT2D eigenvalue weighted by Crippen LogP contribution is -2.14. The standard InChI is InChI=1S/C14H22N2O/c15-9-13-7-4-8-16-14(13)11-17-10-12-5-2-1-3-6-12/h4,7-8,12H,1-3,5-6,9-11,15H2. The second-order valence-electron chi connectivity index (χ2n) is 4.83. The monoisotopic (exact) mass is 234 g/mol. The fourth-order valence-corrected chi connectivity index (χ4v) is 2.46. The maximum atomic E-state index is 5.78. The summed E-state index contributed by atoms with van der Waals surface area (Å²) >= 11 is 0. The lowest BCUT2D eigenvalue weighted by Gasteiger charge is -2.21. The van der Waals surface area contributed by atoms with Gasteiger partial charge in [-0.3, -0.25) is 4.98 Å². The number of nitrogens with zero attached hydrogens (tertiary/aromatic N) is 1. The van der Waals surface area contributed by atoms with Crippen molar-refractivity contribution >= 4 is 0 Å². The molecule has 0 radical (unpaired) electrons. The van der Waals surface area contributed by atoms with E-state index in [1.807, 2.05) is 12.1 Å². The molecule has 0 bridgehead atoms. The van der Waals surface area contributed by atoms with Crippen LogP contribution in [0, 0.1) is 5.92 Å². The first-order valence-electron chi connectivity index (χ1n) is 6.60. The quantitative estimate of drug-likeness (QED) is 0.852. The molecule has 1 aromatic heterocycles. The Bertz CT molecular complexity index is 335. The molecule has 1 aromatic rings. The van der Waals surface area contributed by atoms with Crippen LogP contribution >= 0.6 is 0 Å². The highest BCUT2D eigenvalue weighted by Crippen LogP contribution is 2.24. The van der Waals surface area contributed by atoms with Crippen LogP contribution < -0.4 is 5.73 Å². The Hall–Kier alpha value is -0.930. The number of hydrogen-bond acceptors (Lipinski definition) is 3. The molecule has 1 aliphatic rings. The second kappa shape index (κ2) is 6.72. The van der Waals surface area contributed by atoms with Crippen LogP contribution in [0.15, 0.2) is 18.3 Å². The van der Waals surface area contributed by atoms with Gasteiger partial charge in [0, 0.05) is 19.3 Å². The highest BCUT2D eigenvalue weighted by molar-refractivity contribution is 5.18. The zero-order valence-electron chi connectivity index (χ0n) is 10.4. The molecular weight excluding hydrogens is 212 g/mol. The fourth-order valence-electron chi connectivity index (χ4n) is 2.46. The van der Waals surface area contributed by atoms with Crippen molar-refractivity contribution in [3.05, 3.63) is 29.6 Å². The minimum atomic E-state index is 0.538. The molecule has 94 valence electrons. The van der Waals surface area contributed by atoms with Gasteiger partial charge in [-0.05, 0) is 30.4 Å². The molecule has 1 aliphatic carbocycles. The SMILES string of the molecule is NCc1cccnc1COCC1CCCCC1. The van der Waals surface area contributed by atoms with Gasteiger partial charge in [-0.2, -0.15) is 0 Å². The molecule has 3 nitrogen and oxygen atoms in total. The van der Waals surface area contributed by atoms with Crippen molar-refractivity contribution in [1.29, 1.82) is 0 Å². The van der Waals surface area contributed by atoms with Crippen LogP contribution in [0.2, 0.25) is 0 Å². The molecule has 0 saturated heterocycles. The third-order valence-electron chi connectivity index (χ3n) is 3.52. The molecule has 17 heavy (non-hydrogen) atoms. The van der Waals surface area contributed by atoms with Gasteiger partial charge in [0.15, 0.2) is 0 Å². The molecule has 0 unspecified atom stereocenters. The van der Waals surface area contributed by atoms with Gasteiger partial charge in [0.05, 0.1) is 12.3 Å². The van der Waals surface area contributed by atoms with E-state index >= 15 is 0 Å². The van der Waals surface area contributed by atoms with E-state index in [1.54, 1.807) is 6.20 Å². The van der Waals surface area contributed by atoms with Gasteiger partial charge in [0.2, 0.25) is 0 Å². The molecule has 0 spiro atoms. The Kier molecular flexibility index (Phi) is 4.95. The zero-order chi connectivity index (χ0) is 11.9. The first-order chi connectivity index (χ1) is 8.40. The van der Waals surface area contributed by atoms with Gasteiger partial charge in [-0.25, -0.2) is 0 Å². The minimum Gasteiger partial charge on any atom is -0.375 e. The number of ether oxygens (including phenoxy) is 1. The Morgan fingerprint density at radius 3 is 2.88 bits per heavy atom. The van der Waals surface area contributed by atoms with Crippen molar-refractivity contribution in [1.82, 2.24) is 4.98 Å². The highest BCUT2D eigenvalue weighted by Gasteiger charge is 2.13. The van der Waals surface area contributed by atoms with Gasteiger partial charge in [0.25, 0.3) is 0 Å². The maximum absolute atomic E-state index is 5.78. The Morgan fingerprint density at radius 1 is 1.29 bits per heavy atom. The first kappa shape index (κ1) is 12.5. The van der Waals surface area contributed by atoms with Crippen molar-refractivity contribution in [3.63, 3.8) is 0 Å². The van der Waals surface area contributed by atoms with E-state index in [4.69, 9.17) is 10.5 Å². The Morgan fingerprint density at radius 2 is 2.12 bits per heavy atom. The van der Waals surface area contributed by atoms with Crippen LogP contribution in [0.5, 0.6) is 0 Å². The predicted octanol–water partition coefficient (Wildman–Crippen LogP) is 2.64. The molecule has 1 heterocycles. The molecular formula is C14H22N2O. The lowest BCUT2D eigenvalue weighted by molar-refractivity contribution is 0.0716. The average molecular weight is 234 g/mol. The molecule has 0 atom stereocenters. The van der Waals surface area contributed by atoms with E-state index in [9.17, 15) is 0 Å². The summed E-state index contributed by atoms with van der Waals surface area (Å²) in [5, 5.41) is 0. The average Bonchev–Trinajstić information content (AvgIpc) is 2.40. The van der Waals surface area contributed by atoms with Gasteiger partial charge in [-0.15, -0.1) is 0 Å². The number of nitrogens with two attached hydrogens (primary N) is 1. The molecule has 0 aromatic carbocycles. The second-order valence-corrected chi connectivity index (χ2v) is 4.83. The lowest BCUT2D eigenvalue weighted by atomic mass is 9.90. The van der Waals surface area contributed by atoms with Crippen LogP contribution in [0.25, 0.3) is 0 Å². The number of hydrogen-bond donors (Lipinski definition) is 1. The number of aromatic nitrogens is 1. The topological polar surface area (TPSA) is 48.1 Å². The number of rotatable bonds is 5. The van der Waals surface area contributed by atoms with Crippen molar-refractivity contribution in [2.75, 3.05) is 6.61 Å². The highest BCUT2D eigenvalue weighted by atomic mass is 16.5. The van der Waals surface area contributed by atoms with Gasteiger partial charge >= 0.3 is 0 Å². The van der Waals surface area contributed by atoms with Crippen LogP contribution in [0.1, 0.15) is 43.4 Å². The summed E-state index contributed by atoms with van der Waals surface area (Å²) in [6.45, 7) is 2.01. The first-order valence-corrected chi connectivity index (χ1v) is 6.60. The van der Waals surface area contributed by atoms with Crippen molar-refractivity contribution in [3.8, 4) is 0 Å². The van der Waals surface area contributed by atoms with Crippen LogP contribution in [-0.2, 0) is 17.9 Å². The molecule has 3 heteroatoms. The fraction of sp³-hybridized carbons (Fsp3) is 0.643. The van der Waals surface area contributed by atoms with Crippen molar-refractivity contribution in [2.45, 2.75) is 45.3 Å². The van der Waals surface area contributed by atoms with Gasteiger partial charge < -0.3 is 10.5 Å². The van der Waals surface area contributed by atoms with Crippen LogP contribution in [0.4, 0.5) is 0 Å². The molecule has 2 N–H and O–H groups in total. The summed E-state index contributed by atoms with van der Waals surface area (Å²) in [7, 11) is 0. The Labute approximate surface area is 103 Å². The molecule has 1 saturated carbocycles. The molecule has 2 rings (SSSR count). The summed E-state index contributed by atoms with van der Waals surface area (Å²) in [5.74, 6) is 0.758. The van der Waals surface area contributed by atoms with Crippen LogP contribution in [0.3, 0.4) is 0 Å². The van der Waals surface area contributed by atoms with Gasteiger partial charge in [0.1, 0.15) is 0 Å². The van der Waals surface area contributed by atoms with E-state index < -0.39 is 0 Å². The normalized spacial score (nSPS) is 17.2. The largest absolute Gasteiger partial charge is 0.375 e. The predicted molar refractivity (Wildman–Crippen MR) is 68.4 cm³/mol. The van der Waals surface area contributed by atoms with Crippen molar-refractivity contribution in [2.24, 2.45) is 11.7 Å². The van der Waals surface area contributed by atoms with E-state index in [0.717, 1.165) is 23.8 Å². The summed E-state index contributed by atoms with van der Waals surface area (Å²) in [4.78, 5) is 4.33.